The van der Waals surface area contributed by atoms with Gasteiger partial charge in [0.2, 0.25) is 0 Å². The summed E-state index contributed by atoms with van der Waals surface area (Å²) in [6.45, 7) is 0. The smallest absolute Gasteiger partial charge is 0.152 e. The number of hydrogen-bond acceptors (Lipinski definition) is 2. The van der Waals surface area contributed by atoms with Gasteiger partial charge in [-0.2, -0.15) is 0 Å². The lowest BCUT2D eigenvalue weighted by Gasteiger charge is -2.56. The van der Waals surface area contributed by atoms with Crippen LogP contribution in [-0.2, 0) is 5.41 Å². The Morgan fingerprint density at radius 2 is 1.02 bits per heavy atom. The van der Waals surface area contributed by atoms with Crippen molar-refractivity contribution in [3.05, 3.63) is 197 Å². The molecule has 2 heterocycles. The quantitative estimate of drug-likeness (QED) is 0.200. The average molecular weight is 586 g/mol. The van der Waals surface area contributed by atoms with E-state index in [0.717, 1.165) is 22.7 Å². The molecule has 46 heavy (non-hydrogen) atoms. The van der Waals surface area contributed by atoms with Crippen LogP contribution in [0.25, 0.3) is 22.3 Å². The second-order valence-electron chi connectivity index (χ2n) is 12.8. The molecule has 0 amide bonds. The molecule has 2 bridgehead atoms. The van der Waals surface area contributed by atoms with E-state index >= 15 is 0 Å². The van der Waals surface area contributed by atoms with Crippen LogP contribution in [0.3, 0.4) is 0 Å². The minimum absolute atomic E-state index is 0.178. The normalized spacial score (nSPS) is 18.4. The molecule has 0 unspecified atom stereocenters. The zero-order chi connectivity index (χ0) is 30.0. The van der Waals surface area contributed by atoms with Gasteiger partial charge in [-0.25, -0.2) is 0 Å². The fourth-order valence-corrected chi connectivity index (χ4v) is 8.97. The molecule has 0 atom stereocenters. The standard InChI is InChI=1S/C44H27NO/c1-3-11-27(12-4-1)29-19-22-37-36(25-29)44-34-17-9-7-15-31(34)41(32-16-8-10-18-35(32)44)33-21-24-39-43(42(33)44)45(37)38-23-20-30(26-40(38)46-39)28-13-5-2-6-14-28/h1-26,41H. The molecule has 0 saturated heterocycles. The monoisotopic (exact) mass is 585 g/mol. The van der Waals surface area contributed by atoms with E-state index in [1.165, 1.54) is 67.0 Å². The summed E-state index contributed by atoms with van der Waals surface area (Å²) >= 11 is 0. The summed E-state index contributed by atoms with van der Waals surface area (Å²) in [6, 6.07) is 58.0. The maximum atomic E-state index is 6.91. The van der Waals surface area contributed by atoms with Gasteiger partial charge in [0.25, 0.3) is 0 Å². The Balaban J connectivity index is 1.27. The summed E-state index contributed by atoms with van der Waals surface area (Å²) in [5, 5.41) is 0. The van der Waals surface area contributed by atoms with Gasteiger partial charge in [-0.1, -0.05) is 127 Å². The lowest BCUT2D eigenvalue weighted by Crippen LogP contribution is -2.47. The van der Waals surface area contributed by atoms with E-state index in [1.54, 1.807) is 0 Å². The van der Waals surface area contributed by atoms with E-state index in [-0.39, 0.29) is 5.92 Å². The van der Waals surface area contributed by atoms with Crippen molar-refractivity contribution >= 4 is 17.1 Å². The van der Waals surface area contributed by atoms with Gasteiger partial charge in [0.15, 0.2) is 11.5 Å². The summed E-state index contributed by atoms with van der Waals surface area (Å²) in [6.07, 6.45) is 0. The number of hydrogen-bond donors (Lipinski definition) is 0. The van der Waals surface area contributed by atoms with Gasteiger partial charge in [-0.15, -0.1) is 0 Å². The van der Waals surface area contributed by atoms with Crippen LogP contribution in [-0.4, -0.2) is 0 Å². The Labute approximate surface area is 267 Å². The first kappa shape index (κ1) is 24.5. The van der Waals surface area contributed by atoms with Crippen molar-refractivity contribution in [2.75, 3.05) is 4.90 Å². The number of nitrogens with zero attached hydrogens (tertiary/aromatic N) is 1. The predicted octanol–water partition coefficient (Wildman–Crippen LogP) is 11.1. The van der Waals surface area contributed by atoms with E-state index in [9.17, 15) is 0 Å². The molecule has 0 radical (unpaired) electrons. The molecule has 7 aromatic carbocycles. The van der Waals surface area contributed by atoms with Crippen LogP contribution in [0.4, 0.5) is 17.1 Å². The van der Waals surface area contributed by atoms with Gasteiger partial charge in [-0.3, -0.25) is 0 Å². The molecule has 3 aliphatic carbocycles. The van der Waals surface area contributed by atoms with Crippen molar-refractivity contribution in [1.29, 1.82) is 0 Å². The number of benzene rings is 7. The van der Waals surface area contributed by atoms with Crippen molar-refractivity contribution in [2.45, 2.75) is 11.3 Å². The average Bonchev–Trinajstić information content (AvgIpc) is 3.14. The van der Waals surface area contributed by atoms with Crippen molar-refractivity contribution in [3.63, 3.8) is 0 Å². The van der Waals surface area contributed by atoms with Crippen LogP contribution in [0.5, 0.6) is 11.5 Å². The third-order valence-corrected chi connectivity index (χ3v) is 10.7. The van der Waals surface area contributed by atoms with Crippen molar-refractivity contribution in [3.8, 4) is 33.8 Å². The molecular weight excluding hydrogens is 558 g/mol. The van der Waals surface area contributed by atoms with Gasteiger partial charge >= 0.3 is 0 Å². The lowest BCUT2D eigenvalue weighted by atomic mass is 9.49. The summed E-state index contributed by atoms with van der Waals surface area (Å²) in [5.74, 6) is 1.97. The molecular formula is C44H27NO. The fraction of sp³-hybridized carbons (Fsp3) is 0.0455. The van der Waals surface area contributed by atoms with Crippen LogP contribution in [0, 0.1) is 0 Å². The SMILES string of the molecule is c1ccc(-c2ccc3c(c2)Oc2ccc4c5c2N3c2ccc(-c3ccccc3)cc2C52c3ccccc3C4c3ccccc32)cc1. The Bertz CT molecular complexity index is 2360. The zero-order valence-corrected chi connectivity index (χ0v) is 24.9. The second-order valence-corrected chi connectivity index (χ2v) is 12.8. The highest BCUT2D eigenvalue weighted by atomic mass is 16.5. The molecule has 12 rings (SSSR count). The van der Waals surface area contributed by atoms with E-state index in [0.29, 0.717) is 0 Å². The minimum Gasteiger partial charge on any atom is -0.453 e. The van der Waals surface area contributed by atoms with Gasteiger partial charge < -0.3 is 9.64 Å². The molecule has 0 saturated carbocycles. The molecule has 0 fully saturated rings. The van der Waals surface area contributed by atoms with Crippen LogP contribution in [0.2, 0.25) is 0 Å². The highest BCUT2D eigenvalue weighted by Gasteiger charge is 2.58. The Hall–Kier alpha value is -5.86. The fourth-order valence-electron chi connectivity index (χ4n) is 8.97. The summed E-state index contributed by atoms with van der Waals surface area (Å²) in [5.41, 5.74) is 17.4. The molecule has 2 aliphatic heterocycles. The minimum atomic E-state index is -0.468. The zero-order valence-electron chi connectivity index (χ0n) is 24.9. The molecule has 1 spiro atoms. The van der Waals surface area contributed by atoms with Crippen molar-refractivity contribution in [2.24, 2.45) is 0 Å². The largest absolute Gasteiger partial charge is 0.453 e. The second kappa shape index (κ2) is 8.65. The first-order valence-electron chi connectivity index (χ1n) is 16.1. The number of ether oxygens (including phenoxy) is 1. The third-order valence-electron chi connectivity index (χ3n) is 10.7. The molecule has 7 aromatic rings. The highest BCUT2D eigenvalue weighted by Crippen LogP contribution is 2.71. The molecule has 214 valence electrons. The molecule has 0 aromatic heterocycles. The van der Waals surface area contributed by atoms with Crippen LogP contribution in [0.15, 0.2) is 158 Å². The summed E-state index contributed by atoms with van der Waals surface area (Å²) in [7, 11) is 0. The van der Waals surface area contributed by atoms with Gasteiger partial charge in [0.05, 0.1) is 22.5 Å². The topological polar surface area (TPSA) is 12.5 Å². The van der Waals surface area contributed by atoms with Crippen LogP contribution < -0.4 is 9.64 Å². The Kier molecular flexibility index (Phi) is 4.60. The van der Waals surface area contributed by atoms with E-state index in [2.05, 4.69) is 163 Å². The molecule has 2 nitrogen and oxygen atoms in total. The van der Waals surface area contributed by atoms with E-state index in [4.69, 9.17) is 4.74 Å². The molecule has 0 N–H and O–H groups in total. The number of anilines is 3. The van der Waals surface area contributed by atoms with Gasteiger partial charge in [-0.05, 0) is 86.0 Å². The predicted molar refractivity (Wildman–Crippen MR) is 185 cm³/mol. The molecule has 2 heteroatoms. The summed E-state index contributed by atoms with van der Waals surface area (Å²) < 4.78 is 6.91. The Morgan fingerprint density at radius 1 is 0.435 bits per heavy atom. The first-order chi connectivity index (χ1) is 22.8. The van der Waals surface area contributed by atoms with Crippen molar-refractivity contribution in [1.82, 2.24) is 0 Å². The summed E-state index contributed by atoms with van der Waals surface area (Å²) in [4.78, 5) is 2.49. The number of rotatable bonds is 2. The van der Waals surface area contributed by atoms with E-state index < -0.39 is 5.41 Å². The molecule has 5 aliphatic rings. The number of fused-ring (bicyclic) bond motifs is 4. The maximum Gasteiger partial charge on any atom is 0.152 e. The van der Waals surface area contributed by atoms with Crippen LogP contribution >= 0.6 is 0 Å². The van der Waals surface area contributed by atoms with Gasteiger partial charge in [0, 0.05) is 11.5 Å². The Morgan fingerprint density at radius 3 is 1.70 bits per heavy atom. The van der Waals surface area contributed by atoms with E-state index in [1.807, 2.05) is 0 Å². The first-order valence-corrected chi connectivity index (χ1v) is 16.1. The maximum absolute atomic E-state index is 6.91. The van der Waals surface area contributed by atoms with Gasteiger partial charge in [0.1, 0.15) is 0 Å². The van der Waals surface area contributed by atoms with Crippen molar-refractivity contribution < 1.29 is 4.74 Å². The third kappa shape index (κ3) is 2.88. The van der Waals surface area contributed by atoms with Crippen LogP contribution in [0.1, 0.15) is 44.9 Å². The highest BCUT2D eigenvalue weighted by molar-refractivity contribution is 5.99. The lowest BCUT2D eigenvalue weighted by molar-refractivity contribution is 0.471.